The molecule has 0 aromatic heterocycles. The monoisotopic (exact) mass is 1010 g/mol. The normalized spacial score (nSPS) is 12.3. The third kappa shape index (κ3) is 58.3. The molecule has 0 amide bonds. The van der Waals surface area contributed by atoms with E-state index in [1.807, 2.05) is 0 Å². The van der Waals surface area contributed by atoms with Crippen molar-refractivity contribution < 1.29 is 28.6 Å². The van der Waals surface area contributed by atoms with Gasteiger partial charge in [0.2, 0.25) is 0 Å². The van der Waals surface area contributed by atoms with Gasteiger partial charge in [0, 0.05) is 19.3 Å². The number of carbonyl (C=O) groups is 3. The molecule has 0 aliphatic heterocycles. The molecular weight excluding hydrogens is 889 g/mol. The molecular formula is C66H120O6. The Morgan fingerprint density at radius 2 is 0.528 bits per heavy atom. The summed E-state index contributed by atoms with van der Waals surface area (Å²) in [7, 11) is 0. The van der Waals surface area contributed by atoms with E-state index in [-0.39, 0.29) is 31.1 Å². The van der Waals surface area contributed by atoms with Gasteiger partial charge in [-0.2, -0.15) is 0 Å². The predicted molar refractivity (Wildman–Crippen MR) is 312 cm³/mol. The molecule has 0 aliphatic rings. The molecule has 0 aromatic rings. The average molecular weight is 1010 g/mol. The fraction of sp³-hybridized carbons (Fsp3) is 0.833. The summed E-state index contributed by atoms with van der Waals surface area (Å²) >= 11 is 0. The van der Waals surface area contributed by atoms with Crippen LogP contribution in [-0.2, 0) is 28.6 Å². The lowest BCUT2D eigenvalue weighted by atomic mass is 10.0. The summed E-state index contributed by atoms with van der Waals surface area (Å²) in [6.45, 7) is 6.57. The van der Waals surface area contributed by atoms with Gasteiger partial charge in [-0.1, -0.05) is 268 Å². The minimum Gasteiger partial charge on any atom is -0.462 e. The molecule has 0 spiro atoms. The third-order valence-corrected chi connectivity index (χ3v) is 14.0. The van der Waals surface area contributed by atoms with E-state index in [4.69, 9.17) is 14.2 Å². The number of hydrogen-bond donors (Lipinski definition) is 0. The quantitative estimate of drug-likeness (QED) is 0.0261. The highest BCUT2D eigenvalue weighted by Crippen LogP contribution is 2.17. The molecule has 0 aliphatic carbocycles. The Bertz CT molecular complexity index is 1250. The zero-order valence-electron chi connectivity index (χ0n) is 48.2. The lowest BCUT2D eigenvalue weighted by Gasteiger charge is -2.18. The number of rotatable bonds is 58. The van der Waals surface area contributed by atoms with Gasteiger partial charge in [-0.3, -0.25) is 14.4 Å². The van der Waals surface area contributed by atoms with Gasteiger partial charge in [-0.15, -0.1) is 0 Å². The van der Waals surface area contributed by atoms with E-state index in [1.165, 1.54) is 199 Å². The van der Waals surface area contributed by atoms with Crippen LogP contribution in [0.1, 0.15) is 335 Å². The van der Waals surface area contributed by atoms with Crippen LogP contribution in [0.25, 0.3) is 0 Å². The first-order chi connectivity index (χ1) is 35.5. The van der Waals surface area contributed by atoms with E-state index >= 15 is 0 Å². The number of unbranched alkanes of at least 4 members (excludes halogenated alkanes) is 39. The first-order valence-electron chi connectivity index (χ1n) is 31.6. The van der Waals surface area contributed by atoms with Gasteiger partial charge in [0.25, 0.3) is 0 Å². The number of ether oxygens (including phenoxy) is 3. The van der Waals surface area contributed by atoms with Crippen LogP contribution in [0.15, 0.2) is 48.6 Å². The first kappa shape index (κ1) is 69.4. The van der Waals surface area contributed by atoms with Crippen molar-refractivity contribution in [3.8, 4) is 0 Å². The molecule has 0 saturated carbocycles. The summed E-state index contributed by atoms with van der Waals surface area (Å²) in [4.78, 5) is 38.1. The summed E-state index contributed by atoms with van der Waals surface area (Å²) < 4.78 is 16.8. The van der Waals surface area contributed by atoms with E-state index < -0.39 is 6.10 Å². The zero-order chi connectivity index (χ0) is 52.2. The molecule has 0 saturated heterocycles. The molecule has 0 fully saturated rings. The number of hydrogen-bond acceptors (Lipinski definition) is 6. The van der Waals surface area contributed by atoms with Gasteiger partial charge >= 0.3 is 17.9 Å². The van der Waals surface area contributed by atoms with Gasteiger partial charge in [0.1, 0.15) is 13.2 Å². The van der Waals surface area contributed by atoms with Crippen LogP contribution in [0.3, 0.4) is 0 Å². The number of carbonyl (C=O) groups excluding carboxylic acids is 3. The van der Waals surface area contributed by atoms with E-state index in [0.29, 0.717) is 19.3 Å². The van der Waals surface area contributed by atoms with E-state index in [1.54, 1.807) is 0 Å². The topological polar surface area (TPSA) is 78.9 Å². The summed E-state index contributed by atoms with van der Waals surface area (Å²) in [6.07, 6.45) is 75.7. The number of allylic oxidation sites excluding steroid dienone is 8. The van der Waals surface area contributed by atoms with Crippen molar-refractivity contribution in [1.82, 2.24) is 0 Å². The Hall–Kier alpha value is -2.63. The summed E-state index contributed by atoms with van der Waals surface area (Å²) in [5.41, 5.74) is 0. The van der Waals surface area contributed by atoms with Crippen molar-refractivity contribution in [2.24, 2.45) is 0 Å². The van der Waals surface area contributed by atoms with Crippen LogP contribution in [0.2, 0.25) is 0 Å². The Labute approximate surface area is 448 Å². The van der Waals surface area contributed by atoms with Crippen molar-refractivity contribution in [2.45, 2.75) is 341 Å². The highest BCUT2D eigenvalue weighted by Gasteiger charge is 2.19. The molecule has 1 unspecified atom stereocenters. The SMILES string of the molecule is CCC/C=C\CCCCCCCC(=O)OCC(COC(=O)CCCCCCCCCCCCCCCCCCC/C=C\CCCCCCCCCC)OC(=O)CCCCCCC/C=C\C/C=C\CCCCC. The van der Waals surface area contributed by atoms with Crippen molar-refractivity contribution >= 4 is 17.9 Å². The molecule has 0 bridgehead atoms. The maximum absolute atomic E-state index is 12.8. The highest BCUT2D eigenvalue weighted by atomic mass is 16.6. The standard InChI is InChI=1S/C66H120O6/c1-4-7-10-13-16-19-22-24-26-27-28-29-30-31-32-33-34-35-36-37-38-39-41-42-44-47-50-53-56-59-65(68)71-62-63(61-70-64(67)58-55-52-49-46-21-18-15-12-9-6-3)72-66(69)60-57-54-51-48-45-43-40-25-23-20-17-14-11-8-5-2/h12,15,17,20,25,27-28,40,63H,4-11,13-14,16,18-19,21-24,26,29-39,41-62H2,1-3H3/b15-12-,20-17-,28-27-,40-25-. The molecule has 1 atom stereocenters. The first-order valence-corrected chi connectivity index (χ1v) is 31.6. The van der Waals surface area contributed by atoms with Gasteiger partial charge in [0.15, 0.2) is 6.10 Å². The van der Waals surface area contributed by atoms with E-state index in [2.05, 4.69) is 69.4 Å². The second-order valence-electron chi connectivity index (χ2n) is 21.3. The largest absolute Gasteiger partial charge is 0.462 e. The molecule has 72 heavy (non-hydrogen) atoms. The van der Waals surface area contributed by atoms with Crippen LogP contribution in [-0.4, -0.2) is 37.2 Å². The van der Waals surface area contributed by atoms with Crippen LogP contribution < -0.4 is 0 Å². The molecule has 0 heterocycles. The predicted octanol–water partition coefficient (Wildman–Crippen LogP) is 21.4. The summed E-state index contributed by atoms with van der Waals surface area (Å²) in [6, 6.07) is 0. The molecule has 0 radical (unpaired) electrons. The van der Waals surface area contributed by atoms with Gasteiger partial charge in [-0.25, -0.2) is 0 Å². The van der Waals surface area contributed by atoms with E-state index in [0.717, 1.165) is 96.3 Å². The Morgan fingerprint density at radius 3 is 0.861 bits per heavy atom. The van der Waals surface area contributed by atoms with Crippen LogP contribution >= 0.6 is 0 Å². The lowest BCUT2D eigenvalue weighted by Crippen LogP contribution is -2.30. The smallest absolute Gasteiger partial charge is 0.306 e. The second kappa shape index (κ2) is 60.9. The minimum absolute atomic E-state index is 0.0789. The summed E-state index contributed by atoms with van der Waals surface area (Å²) in [5, 5.41) is 0. The molecule has 6 nitrogen and oxygen atoms in total. The fourth-order valence-electron chi connectivity index (χ4n) is 9.24. The molecule has 6 heteroatoms. The maximum Gasteiger partial charge on any atom is 0.306 e. The van der Waals surface area contributed by atoms with E-state index in [9.17, 15) is 14.4 Å². The average Bonchev–Trinajstić information content (AvgIpc) is 3.38. The summed E-state index contributed by atoms with van der Waals surface area (Å²) in [5.74, 6) is -0.889. The van der Waals surface area contributed by atoms with Crippen LogP contribution in [0.4, 0.5) is 0 Å². The zero-order valence-corrected chi connectivity index (χ0v) is 48.2. The molecule has 0 aromatic carbocycles. The lowest BCUT2D eigenvalue weighted by molar-refractivity contribution is -0.167. The van der Waals surface area contributed by atoms with Crippen LogP contribution in [0, 0.1) is 0 Å². The van der Waals surface area contributed by atoms with Crippen LogP contribution in [0.5, 0.6) is 0 Å². The van der Waals surface area contributed by atoms with Crippen molar-refractivity contribution in [2.75, 3.05) is 13.2 Å². The van der Waals surface area contributed by atoms with Gasteiger partial charge in [-0.05, 0) is 96.3 Å². The van der Waals surface area contributed by atoms with Gasteiger partial charge in [0.05, 0.1) is 0 Å². The maximum atomic E-state index is 12.8. The third-order valence-electron chi connectivity index (χ3n) is 14.0. The highest BCUT2D eigenvalue weighted by molar-refractivity contribution is 5.71. The Kier molecular flexibility index (Phi) is 58.7. The molecule has 0 rings (SSSR count). The number of esters is 3. The molecule has 420 valence electrons. The van der Waals surface area contributed by atoms with Gasteiger partial charge < -0.3 is 14.2 Å². The van der Waals surface area contributed by atoms with Crippen molar-refractivity contribution in [3.05, 3.63) is 48.6 Å². The second-order valence-corrected chi connectivity index (χ2v) is 21.3. The van der Waals surface area contributed by atoms with Crippen molar-refractivity contribution in [1.29, 1.82) is 0 Å². The molecule has 0 N–H and O–H groups in total. The fourth-order valence-corrected chi connectivity index (χ4v) is 9.24. The van der Waals surface area contributed by atoms with Crippen molar-refractivity contribution in [3.63, 3.8) is 0 Å². The Balaban J connectivity index is 4.12. The minimum atomic E-state index is -0.782. The Morgan fingerprint density at radius 1 is 0.278 bits per heavy atom.